The average Bonchev–Trinajstić information content (AvgIpc) is 1.11. The van der Waals surface area contributed by atoms with Crippen LogP contribution < -0.4 is 0 Å². The molecule has 0 amide bonds. The third-order valence-electron chi connectivity index (χ3n) is 15.8. The quantitative estimate of drug-likeness (QED) is 0.0169. The Morgan fingerprint density at radius 2 is 0.542 bits per heavy atom. The van der Waals surface area contributed by atoms with Crippen LogP contribution in [-0.2, 0) is 65.4 Å². The molecular weight excluding hydrogens is 1260 g/mol. The summed E-state index contributed by atoms with van der Waals surface area (Å²) >= 11 is 0. The van der Waals surface area contributed by atoms with Crippen molar-refractivity contribution in [2.24, 2.45) is 0 Å². The molecule has 0 aliphatic carbocycles. The van der Waals surface area contributed by atoms with Crippen molar-refractivity contribution >= 4 is 39.5 Å². The van der Waals surface area contributed by atoms with Crippen LogP contribution in [0.25, 0.3) is 0 Å². The Balaban J connectivity index is 5.36. The first-order valence-corrected chi connectivity index (χ1v) is 40.8. The molecule has 0 aromatic heterocycles. The van der Waals surface area contributed by atoms with Gasteiger partial charge in [-0.25, -0.2) is 9.13 Å². The van der Waals surface area contributed by atoms with Crippen LogP contribution >= 0.6 is 15.6 Å². The summed E-state index contributed by atoms with van der Waals surface area (Å²) in [5.41, 5.74) is 0. The van der Waals surface area contributed by atoms with Crippen molar-refractivity contribution in [1.82, 2.24) is 0 Å². The van der Waals surface area contributed by atoms with Crippen molar-refractivity contribution in [3.05, 3.63) is 85.1 Å². The van der Waals surface area contributed by atoms with Crippen LogP contribution in [0.5, 0.6) is 0 Å². The van der Waals surface area contributed by atoms with E-state index < -0.39 is 97.5 Å². The summed E-state index contributed by atoms with van der Waals surface area (Å²) in [6, 6.07) is 0. The van der Waals surface area contributed by atoms with Crippen LogP contribution in [0.3, 0.4) is 0 Å². The molecule has 19 heteroatoms. The number of aliphatic hydroxyl groups is 1. The van der Waals surface area contributed by atoms with Crippen molar-refractivity contribution in [2.75, 3.05) is 39.6 Å². The highest BCUT2D eigenvalue weighted by Gasteiger charge is 2.30. The van der Waals surface area contributed by atoms with E-state index in [2.05, 4.69) is 113 Å². The van der Waals surface area contributed by atoms with Gasteiger partial charge in [-0.3, -0.25) is 37.3 Å². The number of rotatable bonds is 71. The minimum atomic E-state index is -4.98. The van der Waals surface area contributed by atoms with Gasteiger partial charge in [-0.05, 0) is 122 Å². The molecule has 0 aromatic rings. The zero-order chi connectivity index (χ0) is 70.4. The van der Waals surface area contributed by atoms with Gasteiger partial charge in [0.2, 0.25) is 0 Å². The second kappa shape index (κ2) is 69.7. The molecule has 0 saturated carbocycles. The lowest BCUT2D eigenvalue weighted by Gasteiger charge is -2.21. The number of esters is 4. The number of hydrogen-bond donors (Lipinski definition) is 3. The number of phosphoric ester groups is 2. The largest absolute Gasteiger partial charge is 0.472 e. The number of unbranched alkanes of at least 4 members (excludes halogenated alkanes) is 31. The lowest BCUT2D eigenvalue weighted by molar-refractivity contribution is -0.161. The normalized spacial score (nSPS) is 14.4. The molecule has 0 fully saturated rings. The van der Waals surface area contributed by atoms with E-state index in [1.165, 1.54) is 96.3 Å². The fourth-order valence-electron chi connectivity index (χ4n) is 10.1. The standard InChI is InChI=1S/C77H136O17P2/c1-5-9-13-17-21-25-29-32-35-38-42-45-49-53-57-61-74(79)87-67-72(93-76(81)63-59-55-51-47-41-28-24-20-16-12-8-4)69-91-95(83,84)89-65-71(78)66-90-96(85,86)92-70-73(94-77(82)64-60-56-52-48-44-40-37-34-31-27-23-19-15-11-7-3)68-88-75(80)62-58-54-50-46-43-39-36-33-30-26-22-18-14-10-6-2/h9,13,21-22,25-26,32-37,42,45,71-73,78H,5-8,10-12,14-20,23-24,27-31,38-41,43-44,46-70H2,1-4H3,(H,83,84)(H,85,86)/b13-9-,25-21-,26-22-,35-32-,36-33-,37-34-,45-42-. The molecule has 5 unspecified atom stereocenters. The van der Waals surface area contributed by atoms with Gasteiger partial charge in [-0.15, -0.1) is 0 Å². The first-order chi connectivity index (χ1) is 46.7. The van der Waals surface area contributed by atoms with E-state index in [0.29, 0.717) is 25.7 Å². The molecule has 5 atom stereocenters. The predicted octanol–water partition coefficient (Wildman–Crippen LogP) is 21.4. The Kier molecular flexibility index (Phi) is 67.0. The molecular formula is C77H136O17P2. The molecule has 0 aliphatic heterocycles. The number of allylic oxidation sites excluding steroid dienone is 14. The molecule has 0 radical (unpaired) electrons. The molecule has 3 N–H and O–H groups in total. The molecule has 0 saturated heterocycles. The molecule has 96 heavy (non-hydrogen) atoms. The molecule has 0 aromatic carbocycles. The van der Waals surface area contributed by atoms with Gasteiger partial charge < -0.3 is 33.8 Å². The predicted molar refractivity (Wildman–Crippen MR) is 390 cm³/mol. The number of hydrogen-bond acceptors (Lipinski definition) is 15. The Labute approximate surface area is 583 Å². The third-order valence-corrected chi connectivity index (χ3v) is 17.7. The van der Waals surface area contributed by atoms with Gasteiger partial charge >= 0.3 is 39.5 Å². The van der Waals surface area contributed by atoms with Gasteiger partial charge in [0.05, 0.1) is 26.4 Å². The zero-order valence-electron chi connectivity index (χ0n) is 60.5. The van der Waals surface area contributed by atoms with Crippen molar-refractivity contribution in [3.8, 4) is 0 Å². The highest BCUT2D eigenvalue weighted by atomic mass is 31.2. The lowest BCUT2D eigenvalue weighted by Crippen LogP contribution is -2.30. The maximum Gasteiger partial charge on any atom is 0.472 e. The summed E-state index contributed by atoms with van der Waals surface area (Å²) in [7, 11) is -9.95. The Morgan fingerprint density at radius 3 is 0.885 bits per heavy atom. The van der Waals surface area contributed by atoms with Crippen LogP contribution in [0.1, 0.15) is 323 Å². The van der Waals surface area contributed by atoms with Gasteiger partial charge in [0, 0.05) is 25.7 Å². The summed E-state index contributed by atoms with van der Waals surface area (Å²) < 4.78 is 68.4. The number of carbonyl (C=O) groups is 4. The minimum Gasteiger partial charge on any atom is -0.462 e. The highest BCUT2D eigenvalue weighted by Crippen LogP contribution is 2.45. The van der Waals surface area contributed by atoms with Gasteiger partial charge in [0.15, 0.2) is 12.2 Å². The first kappa shape index (κ1) is 92.2. The summed E-state index contributed by atoms with van der Waals surface area (Å²) in [5, 5.41) is 10.6. The molecule has 0 aliphatic rings. The zero-order valence-corrected chi connectivity index (χ0v) is 62.3. The van der Waals surface area contributed by atoms with Crippen molar-refractivity contribution in [1.29, 1.82) is 0 Å². The van der Waals surface area contributed by atoms with E-state index in [4.69, 9.17) is 37.0 Å². The monoisotopic (exact) mass is 1390 g/mol. The van der Waals surface area contributed by atoms with Gasteiger partial charge in [-0.2, -0.15) is 0 Å². The fraction of sp³-hybridized carbons (Fsp3) is 0.766. The summed E-state index contributed by atoms with van der Waals surface area (Å²) in [4.78, 5) is 72.7. The molecule has 556 valence electrons. The van der Waals surface area contributed by atoms with Crippen molar-refractivity contribution < 1.29 is 80.2 Å². The van der Waals surface area contributed by atoms with Crippen LogP contribution in [0.15, 0.2) is 85.1 Å². The van der Waals surface area contributed by atoms with E-state index in [9.17, 15) is 43.2 Å². The molecule has 0 bridgehead atoms. The first-order valence-electron chi connectivity index (χ1n) is 37.8. The summed E-state index contributed by atoms with van der Waals surface area (Å²) in [6.45, 7) is 4.67. The second-order valence-corrected chi connectivity index (χ2v) is 28.1. The number of aliphatic hydroxyl groups excluding tert-OH is 1. The van der Waals surface area contributed by atoms with Crippen molar-refractivity contribution in [3.63, 3.8) is 0 Å². The Bertz CT molecular complexity index is 2160. The van der Waals surface area contributed by atoms with E-state index in [-0.39, 0.29) is 25.7 Å². The van der Waals surface area contributed by atoms with Crippen molar-refractivity contribution in [2.45, 2.75) is 341 Å². The van der Waals surface area contributed by atoms with Crippen LogP contribution in [0.2, 0.25) is 0 Å². The second-order valence-electron chi connectivity index (χ2n) is 25.2. The SMILES string of the molecule is CC/C=C\C/C=C\C/C=C\C/C=C\CCCCC(=O)OCC(COP(=O)(O)OCC(O)COP(=O)(O)OCC(COC(=O)CCCCCCC/C=C\C/C=C\CCCCC)OC(=O)CCCCCCC/C=C\CCCCCCCC)OC(=O)CCCCCCCCCCCCC. The lowest BCUT2D eigenvalue weighted by atomic mass is 10.1. The van der Waals surface area contributed by atoms with Crippen LogP contribution in [0, 0.1) is 0 Å². The smallest absolute Gasteiger partial charge is 0.462 e. The van der Waals surface area contributed by atoms with Crippen LogP contribution in [-0.4, -0.2) is 96.7 Å². The molecule has 0 rings (SSSR count). The average molecular weight is 1400 g/mol. The maximum atomic E-state index is 13.1. The van der Waals surface area contributed by atoms with E-state index in [0.717, 1.165) is 148 Å². The van der Waals surface area contributed by atoms with Gasteiger partial charge in [0.1, 0.15) is 19.3 Å². The number of phosphoric acid groups is 2. The minimum absolute atomic E-state index is 0.0832. The Hall–Kier alpha value is -3.76. The summed E-state index contributed by atoms with van der Waals surface area (Å²) in [6.07, 6.45) is 70.1. The van der Waals surface area contributed by atoms with E-state index >= 15 is 0 Å². The third kappa shape index (κ3) is 68.8. The Morgan fingerprint density at radius 1 is 0.302 bits per heavy atom. The highest BCUT2D eigenvalue weighted by molar-refractivity contribution is 7.47. The molecule has 17 nitrogen and oxygen atoms in total. The molecule has 0 heterocycles. The number of ether oxygens (including phenoxy) is 4. The number of carbonyl (C=O) groups excluding carboxylic acids is 4. The van der Waals surface area contributed by atoms with Gasteiger partial charge in [-0.1, -0.05) is 260 Å². The maximum absolute atomic E-state index is 13.1. The van der Waals surface area contributed by atoms with E-state index in [1.807, 2.05) is 0 Å². The molecule has 0 spiro atoms. The van der Waals surface area contributed by atoms with E-state index in [1.54, 1.807) is 0 Å². The summed E-state index contributed by atoms with van der Waals surface area (Å²) in [5.74, 6) is -2.23. The fourth-order valence-corrected chi connectivity index (χ4v) is 11.6. The van der Waals surface area contributed by atoms with Gasteiger partial charge in [0.25, 0.3) is 0 Å². The van der Waals surface area contributed by atoms with Crippen LogP contribution in [0.4, 0.5) is 0 Å². The topological polar surface area (TPSA) is 237 Å².